The summed E-state index contributed by atoms with van der Waals surface area (Å²) in [7, 11) is 1.60. The Morgan fingerprint density at radius 2 is 1.97 bits per heavy atom. The highest BCUT2D eigenvalue weighted by molar-refractivity contribution is 5.89. The van der Waals surface area contributed by atoms with Gasteiger partial charge in [0.25, 0.3) is 0 Å². The van der Waals surface area contributed by atoms with E-state index >= 15 is 0 Å². The second-order valence-corrected chi connectivity index (χ2v) is 10.7. The first-order valence-electron chi connectivity index (χ1n) is 14.3. The molecule has 0 spiro atoms. The zero-order valence-corrected chi connectivity index (χ0v) is 23.6. The molecule has 9 nitrogen and oxygen atoms in total. The molecule has 1 saturated heterocycles. The molecule has 1 saturated carbocycles. The molecule has 0 radical (unpaired) electrons. The number of ether oxygens (including phenoxy) is 3. The van der Waals surface area contributed by atoms with Gasteiger partial charge in [-0.05, 0) is 58.1 Å². The average Bonchev–Trinajstić information content (AvgIpc) is 3.35. The number of rotatable bonds is 8. The lowest BCUT2D eigenvalue weighted by Gasteiger charge is -2.38. The largest absolute Gasteiger partial charge is 0.495 e. The maximum Gasteiger partial charge on any atom is 0.412 e. The molecule has 39 heavy (non-hydrogen) atoms. The maximum absolute atomic E-state index is 12.4. The molecule has 1 unspecified atom stereocenters. The third-order valence-electron chi connectivity index (χ3n) is 8.10. The molecule has 2 fully saturated rings. The highest BCUT2D eigenvalue weighted by atomic mass is 16.6. The van der Waals surface area contributed by atoms with Crippen LogP contribution < -0.4 is 10.1 Å². The van der Waals surface area contributed by atoms with Crippen LogP contribution in [0.15, 0.2) is 30.6 Å². The van der Waals surface area contributed by atoms with Gasteiger partial charge in [-0.25, -0.2) is 9.78 Å². The van der Waals surface area contributed by atoms with Crippen molar-refractivity contribution in [1.82, 2.24) is 19.3 Å². The SMILES string of the molecule is CCCC(C)OC(=O)Nc1ccc(-c2nc([C@H]3CC[C@@H](N4CCOCC4)CC3)n3ccnc(C)c23)cc1OC. The van der Waals surface area contributed by atoms with Crippen LogP contribution in [0.5, 0.6) is 5.75 Å². The van der Waals surface area contributed by atoms with Crippen molar-refractivity contribution in [3.05, 3.63) is 42.1 Å². The number of carbonyl (C=O) groups excluding carboxylic acids is 1. The minimum absolute atomic E-state index is 0.144. The molecular formula is C30H41N5O4. The Morgan fingerprint density at radius 3 is 2.69 bits per heavy atom. The molecule has 1 atom stereocenters. The Kier molecular flexibility index (Phi) is 8.67. The summed E-state index contributed by atoms with van der Waals surface area (Å²) in [5, 5.41) is 2.83. The third-order valence-corrected chi connectivity index (χ3v) is 8.10. The lowest BCUT2D eigenvalue weighted by atomic mass is 9.84. The van der Waals surface area contributed by atoms with E-state index in [1.165, 1.54) is 12.8 Å². The number of carbonyl (C=O) groups is 1. The van der Waals surface area contributed by atoms with Crippen LogP contribution in [0.4, 0.5) is 10.5 Å². The molecule has 1 N–H and O–H groups in total. The molecule has 9 heteroatoms. The highest BCUT2D eigenvalue weighted by Crippen LogP contribution is 2.39. The van der Waals surface area contributed by atoms with Crippen molar-refractivity contribution < 1.29 is 19.0 Å². The topological polar surface area (TPSA) is 90.2 Å². The molecular weight excluding hydrogens is 494 g/mol. The number of hydrogen-bond acceptors (Lipinski definition) is 7. The van der Waals surface area contributed by atoms with Gasteiger partial charge in [-0.3, -0.25) is 19.6 Å². The van der Waals surface area contributed by atoms with E-state index < -0.39 is 6.09 Å². The van der Waals surface area contributed by atoms with Crippen molar-refractivity contribution in [3.8, 4) is 17.0 Å². The van der Waals surface area contributed by atoms with E-state index in [1.807, 2.05) is 44.4 Å². The van der Waals surface area contributed by atoms with E-state index in [-0.39, 0.29) is 6.10 Å². The predicted molar refractivity (Wildman–Crippen MR) is 152 cm³/mol. The third kappa shape index (κ3) is 6.04. The second-order valence-electron chi connectivity index (χ2n) is 10.7. The van der Waals surface area contributed by atoms with Crippen molar-refractivity contribution in [2.45, 2.75) is 77.4 Å². The number of anilines is 1. The number of nitrogens with one attached hydrogen (secondary N) is 1. The fourth-order valence-corrected chi connectivity index (χ4v) is 6.08. The van der Waals surface area contributed by atoms with E-state index in [9.17, 15) is 4.79 Å². The van der Waals surface area contributed by atoms with Gasteiger partial charge in [0.05, 0.1) is 42.9 Å². The van der Waals surface area contributed by atoms with Gasteiger partial charge in [0.15, 0.2) is 0 Å². The first-order valence-corrected chi connectivity index (χ1v) is 14.3. The number of nitrogens with zero attached hydrogens (tertiary/aromatic N) is 4. The van der Waals surface area contributed by atoms with Crippen LogP contribution in [-0.4, -0.2) is 70.9 Å². The van der Waals surface area contributed by atoms with Gasteiger partial charge in [0, 0.05) is 43.0 Å². The second kappa shape index (κ2) is 12.3. The maximum atomic E-state index is 12.4. The van der Waals surface area contributed by atoms with Crippen molar-refractivity contribution in [2.75, 3.05) is 38.7 Å². The fourth-order valence-electron chi connectivity index (χ4n) is 6.08. The number of amides is 1. The van der Waals surface area contributed by atoms with Crippen LogP contribution in [0.1, 0.15) is 69.8 Å². The monoisotopic (exact) mass is 535 g/mol. The standard InChI is InChI=1S/C30H41N5O4/c1-5-6-20(2)39-30(36)32-25-12-9-23(19-26(25)37-4)27-28-21(3)31-13-14-35(28)29(33-27)22-7-10-24(11-8-22)34-15-17-38-18-16-34/h9,12-14,19-20,22,24H,5-8,10-11,15-18H2,1-4H3,(H,32,36)/t20?,22-,24+. The van der Waals surface area contributed by atoms with Gasteiger partial charge < -0.3 is 14.2 Å². The lowest BCUT2D eigenvalue weighted by molar-refractivity contribution is 0.00710. The van der Waals surface area contributed by atoms with Crippen molar-refractivity contribution in [2.24, 2.45) is 0 Å². The number of aryl methyl sites for hydroxylation is 1. The summed E-state index contributed by atoms with van der Waals surface area (Å²) in [4.78, 5) is 24.8. The summed E-state index contributed by atoms with van der Waals surface area (Å²) in [6.07, 6.45) is 9.63. The number of methoxy groups -OCH3 is 1. The molecule has 5 rings (SSSR count). The summed E-state index contributed by atoms with van der Waals surface area (Å²) in [6, 6.07) is 6.39. The van der Waals surface area contributed by atoms with E-state index in [2.05, 4.69) is 26.5 Å². The number of fused-ring (bicyclic) bond motifs is 1. The summed E-state index contributed by atoms with van der Waals surface area (Å²) in [6.45, 7) is 9.77. The van der Waals surface area contributed by atoms with Crippen molar-refractivity contribution >= 4 is 17.3 Å². The first kappa shape index (κ1) is 27.4. The van der Waals surface area contributed by atoms with Crippen LogP contribution in [0.2, 0.25) is 0 Å². The molecule has 3 heterocycles. The Labute approximate surface area is 230 Å². The van der Waals surface area contributed by atoms with Crippen LogP contribution in [-0.2, 0) is 9.47 Å². The molecule has 1 aliphatic carbocycles. The number of aromatic nitrogens is 3. The number of imidazole rings is 1. The van der Waals surface area contributed by atoms with Gasteiger partial charge in [0.1, 0.15) is 17.7 Å². The van der Waals surface area contributed by atoms with Crippen LogP contribution in [0.25, 0.3) is 16.8 Å². The molecule has 1 aliphatic heterocycles. The van der Waals surface area contributed by atoms with Gasteiger partial charge >= 0.3 is 6.09 Å². The molecule has 1 aromatic carbocycles. The first-order chi connectivity index (χ1) is 19.0. The summed E-state index contributed by atoms with van der Waals surface area (Å²) in [5.74, 6) is 2.05. The van der Waals surface area contributed by atoms with E-state index in [0.29, 0.717) is 23.4 Å². The Hall–Kier alpha value is -3.17. The predicted octanol–water partition coefficient (Wildman–Crippen LogP) is 5.81. The molecule has 2 aromatic heterocycles. The average molecular weight is 536 g/mol. The molecule has 210 valence electrons. The van der Waals surface area contributed by atoms with Crippen LogP contribution in [0, 0.1) is 6.92 Å². The number of benzene rings is 1. The number of morpholine rings is 1. The Balaban J connectivity index is 1.39. The van der Waals surface area contributed by atoms with Gasteiger partial charge in [-0.1, -0.05) is 19.4 Å². The molecule has 1 amide bonds. The van der Waals surface area contributed by atoms with Gasteiger partial charge in [0.2, 0.25) is 0 Å². The molecule has 0 bridgehead atoms. The van der Waals surface area contributed by atoms with E-state index in [4.69, 9.17) is 19.2 Å². The fraction of sp³-hybridized carbons (Fsp3) is 0.567. The van der Waals surface area contributed by atoms with Crippen molar-refractivity contribution in [1.29, 1.82) is 0 Å². The van der Waals surface area contributed by atoms with Crippen molar-refractivity contribution in [3.63, 3.8) is 0 Å². The highest BCUT2D eigenvalue weighted by Gasteiger charge is 2.30. The van der Waals surface area contributed by atoms with Gasteiger partial charge in [-0.15, -0.1) is 0 Å². The zero-order chi connectivity index (χ0) is 27.4. The normalized spacial score (nSPS) is 21.0. The molecule has 3 aromatic rings. The lowest BCUT2D eigenvalue weighted by Crippen LogP contribution is -2.44. The van der Waals surface area contributed by atoms with Crippen LogP contribution >= 0.6 is 0 Å². The number of hydrogen-bond donors (Lipinski definition) is 1. The van der Waals surface area contributed by atoms with E-state index in [1.54, 1.807) is 7.11 Å². The molecule has 2 aliphatic rings. The summed E-state index contributed by atoms with van der Waals surface area (Å²) < 4.78 is 18.9. The van der Waals surface area contributed by atoms with E-state index in [0.717, 1.165) is 80.3 Å². The summed E-state index contributed by atoms with van der Waals surface area (Å²) in [5.41, 5.74) is 4.32. The Bertz CT molecular complexity index is 1280. The van der Waals surface area contributed by atoms with Crippen LogP contribution in [0.3, 0.4) is 0 Å². The summed E-state index contributed by atoms with van der Waals surface area (Å²) >= 11 is 0. The minimum Gasteiger partial charge on any atom is -0.495 e. The van der Waals surface area contributed by atoms with Gasteiger partial charge in [-0.2, -0.15) is 0 Å². The Morgan fingerprint density at radius 1 is 1.21 bits per heavy atom. The quantitative estimate of drug-likeness (QED) is 0.389. The zero-order valence-electron chi connectivity index (χ0n) is 23.6. The minimum atomic E-state index is -0.482. The smallest absolute Gasteiger partial charge is 0.412 e.